The van der Waals surface area contributed by atoms with Crippen LogP contribution in [0.25, 0.3) is 10.2 Å². The van der Waals surface area contributed by atoms with Gasteiger partial charge in [-0.05, 0) is 24.3 Å². The third kappa shape index (κ3) is 2.67. The van der Waals surface area contributed by atoms with Crippen LogP contribution in [0.15, 0.2) is 42.5 Å². The Bertz CT molecular complexity index is 703. The molecule has 2 nitrogen and oxygen atoms in total. The zero-order valence-corrected chi connectivity index (χ0v) is 12.7. The quantitative estimate of drug-likeness (QED) is 0.745. The molecule has 0 amide bonds. The Hall–Kier alpha value is -1.13. The zero-order chi connectivity index (χ0) is 14.1. The van der Waals surface area contributed by atoms with Crippen molar-refractivity contribution in [3.63, 3.8) is 0 Å². The van der Waals surface area contributed by atoms with Crippen molar-refractivity contribution >= 4 is 44.8 Å². The van der Waals surface area contributed by atoms with E-state index in [0.29, 0.717) is 22.0 Å². The SMILES string of the molecule is OC(Cc1nc2ccccc2s1)c1c(Cl)cccc1Cl. The van der Waals surface area contributed by atoms with Crippen LogP contribution in [0.4, 0.5) is 0 Å². The molecule has 1 atom stereocenters. The second-order valence-electron chi connectivity index (χ2n) is 4.43. The fraction of sp³-hybridized carbons (Fsp3) is 0.133. The molecule has 0 aliphatic rings. The molecule has 0 saturated heterocycles. The lowest BCUT2D eigenvalue weighted by molar-refractivity contribution is 0.178. The number of aromatic nitrogens is 1. The second-order valence-corrected chi connectivity index (χ2v) is 6.36. The van der Waals surface area contributed by atoms with Crippen LogP contribution in [0.1, 0.15) is 16.7 Å². The lowest BCUT2D eigenvalue weighted by atomic mass is 10.1. The van der Waals surface area contributed by atoms with Crippen molar-refractivity contribution in [3.8, 4) is 0 Å². The molecule has 0 aliphatic carbocycles. The second kappa shape index (κ2) is 5.70. The van der Waals surface area contributed by atoms with E-state index in [1.807, 2.05) is 24.3 Å². The first-order valence-electron chi connectivity index (χ1n) is 6.11. The van der Waals surface area contributed by atoms with E-state index < -0.39 is 6.10 Å². The van der Waals surface area contributed by atoms with Gasteiger partial charge in [0, 0.05) is 22.0 Å². The van der Waals surface area contributed by atoms with Crippen molar-refractivity contribution in [2.24, 2.45) is 0 Å². The average Bonchev–Trinajstić information content (AvgIpc) is 2.80. The highest BCUT2D eigenvalue weighted by Gasteiger charge is 2.17. The predicted octanol–water partition coefficient (Wildman–Crippen LogP) is 4.88. The molecule has 0 saturated carbocycles. The standard InChI is InChI=1S/C15H11Cl2NOS/c16-9-4-3-5-10(17)15(9)12(19)8-14-18-11-6-1-2-7-13(11)20-14/h1-7,12,19H,8H2. The molecule has 0 spiro atoms. The number of benzene rings is 2. The molecule has 3 aromatic rings. The Balaban J connectivity index is 1.90. The highest BCUT2D eigenvalue weighted by atomic mass is 35.5. The van der Waals surface area contributed by atoms with Gasteiger partial charge in [-0.2, -0.15) is 0 Å². The van der Waals surface area contributed by atoms with Crippen molar-refractivity contribution in [3.05, 3.63) is 63.1 Å². The number of hydrogen-bond donors (Lipinski definition) is 1. The summed E-state index contributed by atoms with van der Waals surface area (Å²) in [6, 6.07) is 13.1. The highest BCUT2D eigenvalue weighted by Crippen LogP contribution is 2.33. The molecule has 0 fully saturated rings. The first kappa shape index (κ1) is 13.8. The van der Waals surface area contributed by atoms with Crippen LogP contribution >= 0.6 is 34.5 Å². The lowest BCUT2D eigenvalue weighted by Crippen LogP contribution is -2.03. The Morgan fingerprint density at radius 2 is 1.75 bits per heavy atom. The van der Waals surface area contributed by atoms with Gasteiger partial charge in [0.05, 0.1) is 21.3 Å². The molecule has 1 heterocycles. The number of rotatable bonds is 3. The summed E-state index contributed by atoms with van der Waals surface area (Å²) in [5, 5.41) is 12.2. The molecule has 5 heteroatoms. The van der Waals surface area contributed by atoms with Gasteiger partial charge in [0.25, 0.3) is 0 Å². The van der Waals surface area contributed by atoms with Gasteiger partial charge in [0.1, 0.15) is 0 Å². The van der Waals surface area contributed by atoms with E-state index in [1.54, 1.807) is 29.5 Å². The van der Waals surface area contributed by atoms with Gasteiger partial charge in [0.15, 0.2) is 0 Å². The number of halogens is 2. The summed E-state index contributed by atoms with van der Waals surface area (Å²) in [6.07, 6.45) is -0.347. The molecule has 1 N–H and O–H groups in total. The molecule has 0 aliphatic heterocycles. The lowest BCUT2D eigenvalue weighted by Gasteiger charge is -2.12. The van der Waals surface area contributed by atoms with Gasteiger partial charge in [0.2, 0.25) is 0 Å². The van der Waals surface area contributed by atoms with Gasteiger partial charge in [-0.1, -0.05) is 41.4 Å². The van der Waals surface area contributed by atoms with E-state index in [4.69, 9.17) is 23.2 Å². The smallest absolute Gasteiger partial charge is 0.0967 e. The molecule has 3 rings (SSSR count). The normalized spacial score (nSPS) is 12.8. The molecular formula is C15H11Cl2NOS. The minimum absolute atomic E-state index is 0.406. The Morgan fingerprint density at radius 3 is 2.45 bits per heavy atom. The van der Waals surface area contributed by atoms with Crippen LogP contribution in [0, 0.1) is 0 Å². The fourth-order valence-electron chi connectivity index (χ4n) is 2.10. The zero-order valence-electron chi connectivity index (χ0n) is 10.4. The number of para-hydroxylation sites is 1. The topological polar surface area (TPSA) is 33.1 Å². The Labute approximate surface area is 130 Å². The van der Waals surface area contributed by atoms with E-state index in [1.165, 1.54) is 0 Å². The fourth-order valence-corrected chi connectivity index (χ4v) is 3.76. The number of thiazole rings is 1. The van der Waals surface area contributed by atoms with Gasteiger partial charge in [-0.25, -0.2) is 4.98 Å². The molecule has 0 bridgehead atoms. The van der Waals surface area contributed by atoms with Crippen molar-refractivity contribution in [2.45, 2.75) is 12.5 Å². The Kier molecular flexibility index (Phi) is 3.94. The van der Waals surface area contributed by atoms with Gasteiger partial charge < -0.3 is 5.11 Å². The first-order valence-corrected chi connectivity index (χ1v) is 7.69. The van der Waals surface area contributed by atoms with E-state index in [-0.39, 0.29) is 0 Å². The number of aliphatic hydroxyl groups is 1. The predicted molar refractivity (Wildman–Crippen MR) is 84.7 cm³/mol. The third-order valence-corrected chi connectivity index (χ3v) is 4.76. The molecule has 102 valence electrons. The minimum Gasteiger partial charge on any atom is -0.388 e. The molecule has 1 aromatic heterocycles. The number of hydrogen-bond acceptors (Lipinski definition) is 3. The van der Waals surface area contributed by atoms with Crippen molar-refractivity contribution in [1.82, 2.24) is 4.98 Å². The van der Waals surface area contributed by atoms with Crippen LogP contribution in [0.5, 0.6) is 0 Å². The number of aliphatic hydroxyl groups excluding tert-OH is 1. The number of fused-ring (bicyclic) bond motifs is 1. The van der Waals surface area contributed by atoms with Crippen molar-refractivity contribution < 1.29 is 5.11 Å². The molecular weight excluding hydrogens is 313 g/mol. The molecule has 0 radical (unpaired) electrons. The van der Waals surface area contributed by atoms with Crippen LogP contribution in [-0.4, -0.2) is 10.1 Å². The first-order chi connectivity index (χ1) is 9.65. The van der Waals surface area contributed by atoms with E-state index >= 15 is 0 Å². The summed E-state index contributed by atoms with van der Waals surface area (Å²) in [5.74, 6) is 0. The van der Waals surface area contributed by atoms with Gasteiger partial charge in [-0.3, -0.25) is 0 Å². The van der Waals surface area contributed by atoms with E-state index in [0.717, 1.165) is 15.2 Å². The molecule has 2 aromatic carbocycles. The van der Waals surface area contributed by atoms with Gasteiger partial charge in [-0.15, -0.1) is 11.3 Å². The summed E-state index contributed by atoms with van der Waals surface area (Å²) in [6.45, 7) is 0. The average molecular weight is 324 g/mol. The van der Waals surface area contributed by atoms with Crippen molar-refractivity contribution in [1.29, 1.82) is 0 Å². The summed E-state index contributed by atoms with van der Waals surface area (Å²) in [4.78, 5) is 4.51. The van der Waals surface area contributed by atoms with E-state index in [2.05, 4.69) is 4.98 Å². The third-order valence-electron chi connectivity index (χ3n) is 3.04. The monoisotopic (exact) mass is 323 g/mol. The number of nitrogens with zero attached hydrogens (tertiary/aromatic N) is 1. The summed E-state index contributed by atoms with van der Waals surface area (Å²) in [7, 11) is 0. The maximum atomic E-state index is 10.4. The minimum atomic E-state index is -0.753. The van der Waals surface area contributed by atoms with E-state index in [9.17, 15) is 5.11 Å². The summed E-state index contributed by atoms with van der Waals surface area (Å²) < 4.78 is 1.11. The van der Waals surface area contributed by atoms with Crippen LogP contribution in [-0.2, 0) is 6.42 Å². The summed E-state index contributed by atoms with van der Waals surface area (Å²) in [5.41, 5.74) is 1.51. The van der Waals surface area contributed by atoms with Crippen LogP contribution < -0.4 is 0 Å². The van der Waals surface area contributed by atoms with Crippen molar-refractivity contribution in [2.75, 3.05) is 0 Å². The maximum Gasteiger partial charge on any atom is 0.0967 e. The molecule has 1 unspecified atom stereocenters. The Morgan fingerprint density at radius 1 is 1.05 bits per heavy atom. The van der Waals surface area contributed by atoms with Gasteiger partial charge >= 0.3 is 0 Å². The largest absolute Gasteiger partial charge is 0.388 e. The van der Waals surface area contributed by atoms with Crippen LogP contribution in [0.2, 0.25) is 10.0 Å². The molecule has 20 heavy (non-hydrogen) atoms. The highest BCUT2D eigenvalue weighted by molar-refractivity contribution is 7.18. The van der Waals surface area contributed by atoms with Crippen LogP contribution in [0.3, 0.4) is 0 Å². The summed E-state index contributed by atoms with van der Waals surface area (Å²) >= 11 is 13.8. The maximum absolute atomic E-state index is 10.4.